The van der Waals surface area contributed by atoms with E-state index in [0.717, 1.165) is 17.1 Å². The van der Waals surface area contributed by atoms with Crippen LogP contribution in [0.15, 0.2) is 23.8 Å². The zero-order valence-corrected chi connectivity index (χ0v) is 10.6. The van der Waals surface area contributed by atoms with Gasteiger partial charge in [0.1, 0.15) is 13.2 Å². The van der Waals surface area contributed by atoms with E-state index in [-0.39, 0.29) is 0 Å². The van der Waals surface area contributed by atoms with Crippen LogP contribution in [-0.4, -0.2) is 26.3 Å². The van der Waals surface area contributed by atoms with Crippen molar-refractivity contribution in [3.63, 3.8) is 0 Å². The van der Waals surface area contributed by atoms with Gasteiger partial charge in [0, 0.05) is 6.04 Å². The molecule has 0 saturated carbocycles. The second-order valence-electron chi connectivity index (χ2n) is 4.30. The van der Waals surface area contributed by atoms with Crippen LogP contribution in [0.25, 0.3) is 6.08 Å². The monoisotopic (exact) mass is 233 g/mol. The molecule has 1 aromatic carbocycles. The van der Waals surface area contributed by atoms with Crippen molar-refractivity contribution in [1.82, 2.24) is 5.32 Å². The van der Waals surface area contributed by atoms with Crippen molar-refractivity contribution < 1.29 is 9.47 Å². The van der Waals surface area contributed by atoms with Gasteiger partial charge in [-0.05, 0) is 38.6 Å². The minimum atomic E-state index is 0.378. The third-order valence-corrected chi connectivity index (χ3v) is 3.08. The number of hydrogen-bond donors (Lipinski definition) is 1. The van der Waals surface area contributed by atoms with Crippen molar-refractivity contribution >= 4 is 6.08 Å². The maximum Gasteiger partial charge on any atom is 0.161 e. The van der Waals surface area contributed by atoms with Gasteiger partial charge in [-0.15, -0.1) is 0 Å². The SMILES string of the molecule is CNC(C)/C(C)=C/c1ccc2c(c1)OCCO2. The first-order chi connectivity index (χ1) is 8.20. The molecule has 1 heterocycles. The zero-order chi connectivity index (χ0) is 12.3. The first-order valence-corrected chi connectivity index (χ1v) is 5.96. The van der Waals surface area contributed by atoms with Gasteiger partial charge in [-0.2, -0.15) is 0 Å². The molecule has 0 aromatic heterocycles. The fourth-order valence-electron chi connectivity index (χ4n) is 1.77. The number of rotatable bonds is 3. The predicted octanol–water partition coefficient (Wildman–Crippen LogP) is 2.47. The lowest BCUT2D eigenvalue weighted by molar-refractivity contribution is 0.171. The smallest absolute Gasteiger partial charge is 0.161 e. The summed E-state index contributed by atoms with van der Waals surface area (Å²) >= 11 is 0. The lowest BCUT2D eigenvalue weighted by Gasteiger charge is -2.18. The molecule has 1 aliphatic heterocycles. The van der Waals surface area contributed by atoms with Crippen molar-refractivity contribution in [3.8, 4) is 11.5 Å². The standard InChI is InChI=1S/C14H19NO2/c1-10(11(2)15-3)8-12-4-5-13-14(9-12)17-7-6-16-13/h4-5,8-9,11,15H,6-7H2,1-3H3/b10-8+. The van der Waals surface area contributed by atoms with E-state index < -0.39 is 0 Å². The van der Waals surface area contributed by atoms with Crippen LogP contribution in [0.3, 0.4) is 0 Å². The first-order valence-electron chi connectivity index (χ1n) is 5.96. The van der Waals surface area contributed by atoms with Crippen LogP contribution in [-0.2, 0) is 0 Å². The highest BCUT2D eigenvalue weighted by molar-refractivity contribution is 5.58. The van der Waals surface area contributed by atoms with Crippen molar-refractivity contribution in [2.24, 2.45) is 0 Å². The summed E-state index contributed by atoms with van der Waals surface area (Å²) in [6.07, 6.45) is 2.17. The quantitative estimate of drug-likeness (QED) is 0.870. The summed E-state index contributed by atoms with van der Waals surface area (Å²) in [5.74, 6) is 1.68. The highest BCUT2D eigenvalue weighted by atomic mass is 16.6. The Balaban J connectivity index is 2.22. The molecule has 0 radical (unpaired) electrons. The lowest BCUT2D eigenvalue weighted by atomic mass is 10.1. The van der Waals surface area contributed by atoms with Gasteiger partial charge in [0.2, 0.25) is 0 Å². The molecule has 1 atom stereocenters. The highest BCUT2D eigenvalue weighted by Crippen LogP contribution is 2.31. The molecule has 0 fully saturated rings. The highest BCUT2D eigenvalue weighted by Gasteiger charge is 2.11. The summed E-state index contributed by atoms with van der Waals surface area (Å²) in [4.78, 5) is 0. The Morgan fingerprint density at radius 1 is 1.29 bits per heavy atom. The molecule has 0 saturated heterocycles. The summed E-state index contributed by atoms with van der Waals surface area (Å²) in [5.41, 5.74) is 2.44. The molecule has 0 aliphatic carbocycles. The molecule has 2 rings (SSSR count). The summed E-state index contributed by atoms with van der Waals surface area (Å²) in [6.45, 7) is 5.53. The number of likely N-dealkylation sites (N-methyl/N-ethyl adjacent to an activating group) is 1. The Morgan fingerprint density at radius 3 is 2.71 bits per heavy atom. The molecule has 3 heteroatoms. The Bertz CT molecular complexity index is 426. The van der Waals surface area contributed by atoms with E-state index in [1.165, 1.54) is 5.57 Å². The van der Waals surface area contributed by atoms with Gasteiger partial charge in [-0.1, -0.05) is 17.7 Å². The van der Waals surface area contributed by atoms with Crippen molar-refractivity contribution in [2.45, 2.75) is 19.9 Å². The molecule has 1 N–H and O–H groups in total. The number of nitrogens with one attached hydrogen (secondary N) is 1. The van der Waals surface area contributed by atoms with E-state index in [9.17, 15) is 0 Å². The molecule has 0 spiro atoms. The minimum Gasteiger partial charge on any atom is -0.486 e. The van der Waals surface area contributed by atoms with Gasteiger partial charge < -0.3 is 14.8 Å². The summed E-state index contributed by atoms with van der Waals surface area (Å²) in [5, 5.41) is 3.22. The maximum absolute atomic E-state index is 5.56. The average Bonchev–Trinajstić information content (AvgIpc) is 2.37. The predicted molar refractivity (Wildman–Crippen MR) is 69.6 cm³/mol. The van der Waals surface area contributed by atoms with Crippen LogP contribution in [0.5, 0.6) is 11.5 Å². The summed E-state index contributed by atoms with van der Waals surface area (Å²) in [7, 11) is 1.96. The Labute approximate surface area is 102 Å². The minimum absolute atomic E-state index is 0.378. The summed E-state index contributed by atoms with van der Waals surface area (Å²) in [6, 6.07) is 6.43. The normalized spacial score (nSPS) is 16.8. The van der Waals surface area contributed by atoms with E-state index in [1.807, 2.05) is 19.2 Å². The number of hydrogen-bond acceptors (Lipinski definition) is 3. The fourth-order valence-corrected chi connectivity index (χ4v) is 1.77. The Kier molecular flexibility index (Phi) is 3.69. The van der Waals surface area contributed by atoms with Gasteiger partial charge in [0.15, 0.2) is 11.5 Å². The van der Waals surface area contributed by atoms with Crippen LogP contribution < -0.4 is 14.8 Å². The maximum atomic E-state index is 5.56. The Hall–Kier alpha value is -1.48. The van der Waals surface area contributed by atoms with Crippen LogP contribution in [0.1, 0.15) is 19.4 Å². The molecular formula is C14H19NO2. The first kappa shape index (κ1) is 12.0. The molecular weight excluding hydrogens is 214 g/mol. The van der Waals surface area contributed by atoms with Crippen LogP contribution in [0.4, 0.5) is 0 Å². The van der Waals surface area contributed by atoms with E-state index >= 15 is 0 Å². The molecule has 0 amide bonds. The van der Waals surface area contributed by atoms with E-state index in [0.29, 0.717) is 19.3 Å². The molecule has 3 nitrogen and oxygen atoms in total. The fraction of sp³-hybridized carbons (Fsp3) is 0.429. The Morgan fingerprint density at radius 2 is 2.00 bits per heavy atom. The van der Waals surface area contributed by atoms with Crippen LogP contribution >= 0.6 is 0 Å². The van der Waals surface area contributed by atoms with Crippen molar-refractivity contribution in [2.75, 3.05) is 20.3 Å². The van der Waals surface area contributed by atoms with Gasteiger partial charge in [0.05, 0.1) is 0 Å². The third-order valence-electron chi connectivity index (χ3n) is 3.08. The molecule has 92 valence electrons. The second-order valence-corrected chi connectivity index (χ2v) is 4.30. The van der Waals surface area contributed by atoms with E-state index in [4.69, 9.17) is 9.47 Å². The largest absolute Gasteiger partial charge is 0.486 e. The van der Waals surface area contributed by atoms with Crippen LogP contribution in [0.2, 0.25) is 0 Å². The zero-order valence-electron chi connectivity index (χ0n) is 10.6. The topological polar surface area (TPSA) is 30.5 Å². The number of ether oxygens (including phenoxy) is 2. The molecule has 1 aliphatic rings. The number of fused-ring (bicyclic) bond motifs is 1. The van der Waals surface area contributed by atoms with Crippen molar-refractivity contribution in [3.05, 3.63) is 29.3 Å². The van der Waals surface area contributed by atoms with E-state index in [2.05, 4.69) is 31.3 Å². The average molecular weight is 233 g/mol. The van der Waals surface area contributed by atoms with Gasteiger partial charge in [0.25, 0.3) is 0 Å². The van der Waals surface area contributed by atoms with Gasteiger partial charge >= 0.3 is 0 Å². The second kappa shape index (κ2) is 5.23. The third kappa shape index (κ3) is 2.80. The summed E-state index contributed by atoms with van der Waals surface area (Å²) < 4.78 is 11.1. The van der Waals surface area contributed by atoms with E-state index in [1.54, 1.807) is 0 Å². The molecule has 1 aromatic rings. The van der Waals surface area contributed by atoms with Gasteiger partial charge in [-0.25, -0.2) is 0 Å². The van der Waals surface area contributed by atoms with Gasteiger partial charge in [-0.3, -0.25) is 0 Å². The molecule has 1 unspecified atom stereocenters. The lowest BCUT2D eigenvalue weighted by Crippen LogP contribution is -2.22. The van der Waals surface area contributed by atoms with Crippen molar-refractivity contribution in [1.29, 1.82) is 0 Å². The van der Waals surface area contributed by atoms with Crippen LogP contribution in [0, 0.1) is 0 Å². The molecule has 0 bridgehead atoms. The molecule has 17 heavy (non-hydrogen) atoms. The number of benzene rings is 1.